The lowest BCUT2D eigenvalue weighted by Gasteiger charge is -2.44. The molecule has 0 unspecified atom stereocenters. The van der Waals surface area contributed by atoms with Crippen molar-refractivity contribution in [2.45, 2.75) is 38.0 Å². The van der Waals surface area contributed by atoms with Crippen LogP contribution in [-0.4, -0.2) is 59.1 Å². The first kappa shape index (κ1) is 17.3. The van der Waals surface area contributed by atoms with Crippen molar-refractivity contribution in [3.63, 3.8) is 0 Å². The Morgan fingerprint density at radius 2 is 2.00 bits per heavy atom. The van der Waals surface area contributed by atoms with Crippen molar-refractivity contribution in [2.75, 3.05) is 26.2 Å². The SMILES string of the molecule is NC(=O)C1CCN([C@@H]2CCN(Cc3cccc(F)c3)C[C@H]2O)CC1. The number of halogens is 1. The highest BCUT2D eigenvalue weighted by atomic mass is 19.1. The van der Waals surface area contributed by atoms with E-state index in [0.29, 0.717) is 13.1 Å². The smallest absolute Gasteiger partial charge is 0.220 e. The van der Waals surface area contributed by atoms with Gasteiger partial charge in [-0.15, -0.1) is 0 Å². The first-order chi connectivity index (χ1) is 11.5. The van der Waals surface area contributed by atoms with Gasteiger partial charge in [0.25, 0.3) is 0 Å². The molecule has 3 rings (SSSR count). The molecule has 0 aromatic heterocycles. The number of amides is 1. The highest BCUT2D eigenvalue weighted by molar-refractivity contribution is 5.76. The summed E-state index contributed by atoms with van der Waals surface area (Å²) in [5.74, 6) is -0.452. The average molecular weight is 335 g/mol. The summed E-state index contributed by atoms with van der Waals surface area (Å²) in [6.07, 6.45) is 2.03. The van der Waals surface area contributed by atoms with Crippen LogP contribution < -0.4 is 5.73 Å². The van der Waals surface area contributed by atoms with Gasteiger partial charge in [0, 0.05) is 31.6 Å². The van der Waals surface area contributed by atoms with Gasteiger partial charge in [-0.05, 0) is 50.0 Å². The number of hydrogen-bond donors (Lipinski definition) is 2. The molecule has 0 saturated carbocycles. The summed E-state index contributed by atoms with van der Waals surface area (Å²) < 4.78 is 13.3. The summed E-state index contributed by atoms with van der Waals surface area (Å²) in [6, 6.07) is 6.77. The number of hydrogen-bond acceptors (Lipinski definition) is 4. The van der Waals surface area contributed by atoms with Crippen LogP contribution in [0.15, 0.2) is 24.3 Å². The van der Waals surface area contributed by atoms with E-state index in [1.807, 2.05) is 6.07 Å². The summed E-state index contributed by atoms with van der Waals surface area (Å²) in [6.45, 7) is 3.77. The minimum Gasteiger partial charge on any atom is -0.390 e. The van der Waals surface area contributed by atoms with Gasteiger partial charge in [-0.1, -0.05) is 12.1 Å². The summed E-state index contributed by atoms with van der Waals surface area (Å²) in [7, 11) is 0. The van der Waals surface area contributed by atoms with Crippen molar-refractivity contribution in [1.29, 1.82) is 0 Å². The van der Waals surface area contributed by atoms with Crippen molar-refractivity contribution in [3.05, 3.63) is 35.6 Å². The lowest BCUT2D eigenvalue weighted by atomic mass is 9.92. The number of nitrogens with two attached hydrogens (primary N) is 1. The van der Waals surface area contributed by atoms with Gasteiger partial charge < -0.3 is 10.8 Å². The maximum absolute atomic E-state index is 13.3. The van der Waals surface area contributed by atoms with E-state index in [0.717, 1.165) is 44.5 Å². The molecule has 2 atom stereocenters. The summed E-state index contributed by atoms with van der Waals surface area (Å²) >= 11 is 0. The number of benzene rings is 1. The molecule has 0 aliphatic carbocycles. The summed E-state index contributed by atoms with van der Waals surface area (Å²) in [4.78, 5) is 15.7. The van der Waals surface area contributed by atoms with Crippen LogP contribution in [-0.2, 0) is 11.3 Å². The molecule has 1 amide bonds. The predicted molar refractivity (Wildman–Crippen MR) is 89.6 cm³/mol. The number of carbonyl (C=O) groups excluding carboxylic acids is 1. The molecule has 5 nitrogen and oxygen atoms in total. The molecular formula is C18H26FN3O2. The zero-order valence-electron chi connectivity index (χ0n) is 13.9. The standard InChI is InChI=1S/C18H26FN3O2/c19-15-3-1-2-13(10-15)11-21-7-6-16(17(23)12-21)22-8-4-14(5-9-22)18(20)24/h1-3,10,14,16-17,23H,4-9,11-12H2,(H2,20,24)/t16-,17-/m1/s1. The van der Waals surface area contributed by atoms with Crippen molar-refractivity contribution >= 4 is 5.91 Å². The molecular weight excluding hydrogens is 309 g/mol. The van der Waals surface area contributed by atoms with Gasteiger partial charge in [-0.25, -0.2) is 4.39 Å². The van der Waals surface area contributed by atoms with Gasteiger partial charge in [-0.3, -0.25) is 14.6 Å². The van der Waals surface area contributed by atoms with Crippen LogP contribution in [0.5, 0.6) is 0 Å². The molecule has 2 aliphatic heterocycles. The number of aliphatic hydroxyl groups is 1. The zero-order valence-corrected chi connectivity index (χ0v) is 13.9. The third kappa shape index (κ3) is 4.12. The Labute approximate surface area is 142 Å². The van der Waals surface area contributed by atoms with Crippen molar-refractivity contribution < 1.29 is 14.3 Å². The molecule has 0 bridgehead atoms. The molecule has 6 heteroatoms. The second-order valence-electron chi connectivity index (χ2n) is 7.00. The van der Waals surface area contributed by atoms with Gasteiger partial charge in [0.15, 0.2) is 0 Å². The van der Waals surface area contributed by atoms with E-state index in [1.165, 1.54) is 6.07 Å². The first-order valence-electron chi connectivity index (χ1n) is 8.71. The number of carbonyl (C=O) groups is 1. The minimum atomic E-state index is -0.419. The average Bonchev–Trinajstić information content (AvgIpc) is 2.55. The Balaban J connectivity index is 1.51. The number of rotatable bonds is 4. The summed E-state index contributed by atoms with van der Waals surface area (Å²) in [5.41, 5.74) is 6.31. The first-order valence-corrected chi connectivity index (χ1v) is 8.71. The fourth-order valence-corrected chi connectivity index (χ4v) is 3.96. The van der Waals surface area contributed by atoms with Gasteiger partial charge in [0.05, 0.1) is 6.10 Å². The van der Waals surface area contributed by atoms with E-state index in [4.69, 9.17) is 5.73 Å². The van der Waals surface area contributed by atoms with Crippen LogP contribution in [0.1, 0.15) is 24.8 Å². The quantitative estimate of drug-likeness (QED) is 0.860. The Morgan fingerprint density at radius 3 is 2.62 bits per heavy atom. The van der Waals surface area contributed by atoms with Crippen molar-refractivity contribution in [3.8, 4) is 0 Å². The molecule has 132 valence electrons. The zero-order chi connectivity index (χ0) is 17.1. The van der Waals surface area contributed by atoms with E-state index in [1.54, 1.807) is 12.1 Å². The fraction of sp³-hybridized carbons (Fsp3) is 0.611. The number of likely N-dealkylation sites (tertiary alicyclic amines) is 2. The van der Waals surface area contributed by atoms with Crippen LogP contribution in [0, 0.1) is 11.7 Å². The second-order valence-corrected chi connectivity index (χ2v) is 7.00. The molecule has 1 aromatic carbocycles. The number of piperidine rings is 2. The van der Waals surface area contributed by atoms with Crippen LogP contribution >= 0.6 is 0 Å². The number of nitrogens with zero attached hydrogens (tertiary/aromatic N) is 2. The third-order valence-electron chi connectivity index (χ3n) is 5.33. The second kappa shape index (κ2) is 7.59. The normalized spacial score (nSPS) is 27.2. The van der Waals surface area contributed by atoms with Gasteiger partial charge in [0.1, 0.15) is 5.82 Å². The van der Waals surface area contributed by atoms with E-state index in [-0.39, 0.29) is 23.7 Å². The van der Waals surface area contributed by atoms with Crippen molar-refractivity contribution in [2.24, 2.45) is 11.7 Å². The van der Waals surface area contributed by atoms with E-state index in [2.05, 4.69) is 9.80 Å². The lowest BCUT2D eigenvalue weighted by Crippen LogP contribution is -2.56. The van der Waals surface area contributed by atoms with E-state index >= 15 is 0 Å². The number of primary amides is 1. The van der Waals surface area contributed by atoms with Gasteiger partial charge in [-0.2, -0.15) is 0 Å². The fourth-order valence-electron chi connectivity index (χ4n) is 3.96. The highest BCUT2D eigenvalue weighted by Crippen LogP contribution is 2.24. The molecule has 2 heterocycles. The molecule has 0 radical (unpaired) electrons. The summed E-state index contributed by atoms with van der Waals surface area (Å²) in [5, 5.41) is 10.6. The third-order valence-corrected chi connectivity index (χ3v) is 5.33. The van der Waals surface area contributed by atoms with E-state index < -0.39 is 6.10 Å². The Hall–Kier alpha value is -1.50. The van der Waals surface area contributed by atoms with Crippen LogP contribution in [0.25, 0.3) is 0 Å². The number of aliphatic hydroxyl groups excluding tert-OH is 1. The van der Waals surface area contributed by atoms with Gasteiger partial charge in [0.2, 0.25) is 5.91 Å². The van der Waals surface area contributed by atoms with Crippen LogP contribution in [0.3, 0.4) is 0 Å². The highest BCUT2D eigenvalue weighted by Gasteiger charge is 2.34. The lowest BCUT2D eigenvalue weighted by molar-refractivity contribution is -0.123. The Kier molecular flexibility index (Phi) is 5.48. The van der Waals surface area contributed by atoms with Crippen LogP contribution in [0.2, 0.25) is 0 Å². The Bertz CT molecular complexity index is 575. The minimum absolute atomic E-state index is 0.0218. The molecule has 2 fully saturated rings. The maximum atomic E-state index is 13.3. The Morgan fingerprint density at radius 1 is 1.25 bits per heavy atom. The monoisotopic (exact) mass is 335 g/mol. The van der Waals surface area contributed by atoms with E-state index in [9.17, 15) is 14.3 Å². The largest absolute Gasteiger partial charge is 0.390 e. The topological polar surface area (TPSA) is 69.8 Å². The predicted octanol–water partition coefficient (Wildman–Crippen LogP) is 0.958. The van der Waals surface area contributed by atoms with Crippen molar-refractivity contribution in [1.82, 2.24) is 9.80 Å². The van der Waals surface area contributed by atoms with Crippen LogP contribution in [0.4, 0.5) is 4.39 Å². The molecule has 2 aliphatic rings. The molecule has 2 saturated heterocycles. The molecule has 24 heavy (non-hydrogen) atoms. The molecule has 0 spiro atoms. The maximum Gasteiger partial charge on any atom is 0.220 e. The molecule has 1 aromatic rings. The molecule has 3 N–H and O–H groups in total. The van der Waals surface area contributed by atoms with Gasteiger partial charge >= 0.3 is 0 Å². The number of β-amino-alcohol motifs (C(OH)–C–C–N with tert-alkyl or cyclic N) is 1.